The molecule has 7 heteroatoms. The fraction of sp³-hybridized carbons (Fsp3) is 0.286. The van der Waals surface area contributed by atoms with E-state index in [1.807, 2.05) is 24.4 Å². The van der Waals surface area contributed by atoms with Crippen LogP contribution in [0.1, 0.15) is 15.3 Å². The highest BCUT2D eigenvalue weighted by Crippen LogP contribution is 2.25. The highest BCUT2D eigenvalue weighted by molar-refractivity contribution is 7.91. The fourth-order valence-electron chi connectivity index (χ4n) is 1.71. The summed E-state index contributed by atoms with van der Waals surface area (Å²) in [7, 11) is -1.83. The molecule has 2 aromatic heterocycles. The summed E-state index contributed by atoms with van der Waals surface area (Å²) in [5, 5.41) is 1.92. The second-order valence-corrected chi connectivity index (χ2v) is 8.92. The molecule has 0 unspecified atom stereocenters. The Kier molecular flexibility index (Phi) is 5.19. The van der Waals surface area contributed by atoms with Crippen LogP contribution in [0.15, 0.2) is 27.8 Å². The Hall–Kier alpha value is -1.17. The van der Waals surface area contributed by atoms with Gasteiger partial charge in [-0.3, -0.25) is 0 Å². The first-order valence-electron chi connectivity index (χ1n) is 6.22. The molecule has 0 aliphatic heterocycles. The van der Waals surface area contributed by atoms with E-state index in [1.165, 1.54) is 27.0 Å². The molecule has 0 bridgehead atoms. The van der Waals surface area contributed by atoms with Gasteiger partial charge in [-0.25, -0.2) is 8.42 Å². The van der Waals surface area contributed by atoms with Crippen LogP contribution in [-0.2, 0) is 16.6 Å². The lowest BCUT2D eigenvalue weighted by atomic mass is 10.3. The van der Waals surface area contributed by atoms with Crippen LogP contribution < -0.4 is 5.73 Å². The first-order chi connectivity index (χ1) is 9.93. The smallest absolute Gasteiger partial charge is 0.252 e. The Morgan fingerprint density at radius 2 is 2.14 bits per heavy atom. The van der Waals surface area contributed by atoms with Crippen LogP contribution in [0, 0.1) is 18.8 Å². The average molecular weight is 340 g/mol. The average Bonchev–Trinajstić information content (AvgIpc) is 3.05. The van der Waals surface area contributed by atoms with Gasteiger partial charge in [0.15, 0.2) is 0 Å². The molecule has 21 heavy (non-hydrogen) atoms. The number of rotatable bonds is 4. The van der Waals surface area contributed by atoms with Gasteiger partial charge in [-0.15, -0.1) is 22.7 Å². The van der Waals surface area contributed by atoms with Crippen LogP contribution in [-0.4, -0.2) is 26.3 Å². The predicted octanol–water partition coefficient (Wildman–Crippen LogP) is 2.25. The van der Waals surface area contributed by atoms with Gasteiger partial charge in [-0.2, -0.15) is 4.31 Å². The van der Waals surface area contributed by atoms with E-state index in [0.29, 0.717) is 17.3 Å². The van der Waals surface area contributed by atoms with Crippen molar-refractivity contribution < 1.29 is 8.42 Å². The largest absolute Gasteiger partial charge is 0.320 e. The van der Waals surface area contributed by atoms with Gasteiger partial charge in [-0.05, 0) is 36.1 Å². The maximum absolute atomic E-state index is 12.4. The van der Waals surface area contributed by atoms with Crippen molar-refractivity contribution in [3.63, 3.8) is 0 Å². The SMILES string of the molecule is Cc1ccc(S(=O)(=O)N(C)Cc2csc(C#CCN)c2)s1. The third-order valence-corrected chi connectivity index (χ3v) is 6.92. The van der Waals surface area contributed by atoms with E-state index in [1.54, 1.807) is 13.1 Å². The number of nitrogens with two attached hydrogens (primary N) is 1. The summed E-state index contributed by atoms with van der Waals surface area (Å²) in [6.45, 7) is 2.55. The van der Waals surface area contributed by atoms with Crippen LogP contribution in [0.4, 0.5) is 0 Å². The standard InChI is InChI=1S/C14H16N2O2S3/c1-11-5-6-14(20-11)21(17,18)16(2)9-12-8-13(19-10-12)4-3-7-15/h5-6,8,10H,7,9,15H2,1-2H3. The fourth-order valence-corrected chi connectivity index (χ4v) is 5.13. The van der Waals surface area contributed by atoms with E-state index < -0.39 is 10.0 Å². The third-order valence-electron chi connectivity index (χ3n) is 2.75. The van der Waals surface area contributed by atoms with Crippen molar-refractivity contribution in [3.05, 3.63) is 38.9 Å². The van der Waals surface area contributed by atoms with Gasteiger partial charge in [0, 0.05) is 18.5 Å². The highest BCUT2D eigenvalue weighted by Gasteiger charge is 2.22. The molecule has 2 aromatic rings. The van der Waals surface area contributed by atoms with Crippen LogP contribution in [0.3, 0.4) is 0 Å². The molecule has 112 valence electrons. The molecule has 0 spiro atoms. The number of aryl methyl sites for hydroxylation is 1. The van der Waals surface area contributed by atoms with Crippen LogP contribution in [0.2, 0.25) is 0 Å². The topological polar surface area (TPSA) is 63.4 Å². The predicted molar refractivity (Wildman–Crippen MR) is 88.0 cm³/mol. The molecular weight excluding hydrogens is 324 g/mol. The lowest BCUT2D eigenvalue weighted by molar-refractivity contribution is 0.469. The maximum atomic E-state index is 12.4. The van der Waals surface area contributed by atoms with Crippen molar-refractivity contribution in [1.29, 1.82) is 0 Å². The molecule has 4 nitrogen and oxygen atoms in total. The zero-order chi connectivity index (χ0) is 15.5. The van der Waals surface area contributed by atoms with Crippen LogP contribution in [0.25, 0.3) is 0 Å². The zero-order valence-electron chi connectivity index (χ0n) is 11.8. The molecule has 0 saturated heterocycles. The summed E-state index contributed by atoms with van der Waals surface area (Å²) in [4.78, 5) is 1.88. The van der Waals surface area contributed by atoms with E-state index in [9.17, 15) is 8.42 Å². The highest BCUT2D eigenvalue weighted by atomic mass is 32.2. The molecule has 0 fully saturated rings. The second kappa shape index (κ2) is 6.73. The first kappa shape index (κ1) is 16.2. The molecule has 0 aromatic carbocycles. The Balaban J connectivity index is 2.14. The van der Waals surface area contributed by atoms with Gasteiger partial charge in [0.25, 0.3) is 10.0 Å². The van der Waals surface area contributed by atoms with Crippen molar-refractivity contribution in [2.75, 3.05) is 13.6 Å². The summed E-state index contributed by atoms with van der Waals surface area (Å²) in [6.07, 6.45) is 0. The summed E-state index contributed by atoms with van der Waals surface area (Å²) in [6, 6.07) is 5.37. The minimum Gasteiger partial charge on any atom is -0.320 e. The normalized spacial score (nSPS) is 11.4. The summed E-state index contributed by atoms with van der Waals surface area (Å²) in [5.74, 6) is 5.74. The minimum atomic E-state index is -3.42. The lowest BCUT2D eigenvalue weighted by Gasteiger charge is -2.15. The molecule has 0 atom stereocenters. The summed E-state index contributed by atoms with van der Waals surface area (Å²) >= 11 is 2.78. The van der Waals surface area contributed by atoms with Crippen molar-refractivity contribution in [2.24, 2.45) is 5.73 Å². The third kappa shape index (κ3) is 3.93. The number of hydrogen-bond donors (Lipinski definition) is 1. The van der Waals surface area contributed by atoms with E-state index >= 15 is 0 Å². The maximum Gasteiger partial charge on any atom is 0.252 e. The van der Waals surface area contributed by atoms with Crippen molar-refractivity contribution in [1.82, 2.24) is 4.31 Å². The van der Waals surface area contributed by atoms with Gasteiger partial charge < -0.3 is 5.73 Å². The number of sulfonamides is 1. The molecule has 0 aliphatic carbocycles. The monoisotopic (exact) mass is 340 g/mol. The molecule has 2 rings (SSSR count). The van der Waals surface area contributed by atoms with E-state index in [4.69, 9.17) is 5.73 Å². The Morgan fingerprint density at radius 1 is 1.38 bits per heavy atom. The molecule has 2 heterocycles. The summed E-state index contributed by atoms with van der Waals surface area (Å²) < 4.78 is 26.6. The Bertz CT molecular complexity index is 778. The molecule has 0 saturated carbocycles. The summed E-state index contributed by atoms with van der Waals surface area (Å²) in [5.41, 5.74) is 6.26. The van der Waals surface area contributed by atoms with Crippen molar-refractivity contribution in [3.8, 4) is 11.8 Å². The molecule has 0 radical (unpaired) electrons. The van der Waals surface area contributed by atoms with E-state index in [-0.39, 0.29) is 0 Å². The molecule has 2 N–H and O–H groups in total. The van der Waals surface area contributed by atoms with Gasteiger partial charge >= 0.3 is 0 Å². The van der Waals surface area contributed by atoms with E-state index in [2.05, 4.69) is 11.8 Å². The van der Waals surface area contributed by atoms with Crippen molar-refractivity contribution in [2.45, 2.75) is 17.7 Å². The number of thiophene rings is 2. The van der Waals surface area contributed by atoms with Gasteiger partial charge in [0.1, 0.15) is 4.21 Å². The Labute approximate surface area is 133 Å². The Morgan fingerprint density at radius 3 is 2.76 bits per heavy atom. The molecule has 0 amide bonds. The van der Waals surface area contributed by atoms with Crippen molar-refractivity contribution >= 4 is 32.7 Å². The molecular formula is C14H16N2O2S3. The van der Waals surface area contributed by atoms with Crippen LogP contribution >= 0.6 is 22.7 Å². The van der Waals surface area contributed by atoms with Gasteiger partial charge in [0.2, 0.25) is 0 Å². The first-order valence-corrected chi connectivity index (χ1v) is 9.36. The molecule has 0 aliphatic rings. The zero-order valence-corrected chi connectivity index (χ0v) is 14.2. The van der Waals surface area contributed by atoms with Gasteiger partial charge in [0.05, 0.1) is 11.4 Å². The second-order valence-electron chi connectivity index (χ2n) is 4.45. The number of nitrogens with zero attached hydrogens (tertiary/aromatic N) is 1. The van der Waals surface area contributed by atoms with Crippen LogP contribution in [0.5, 0.6) is 0 Å². The lowest BCUT2D eigenvalue weighted by Crippen LogP contribution is -2.25. The van der Waals surface area contributed by atoms with E-state index in [0.717, 1.165) is 15.3 Å². The number of hydrogen-bond acceptors (Lipinski definition) is 5. The minimum absolute atomic E-state index is 0.319. The van der Waals surface area contributed by atoms with Gasteiger partial charge in [-0.1, -0.05) is 11.8 Å². The quantitative estimate of drug-likeness (QED) is 0.868.